The van der Waals surface area contributed by atoms with Gasteiger partial charge in [-0.05, 0) is 46.2 Å². The molecule has 0 aromatic rings. The lowest BCUT2D eigenvalue weighted by atomic mass is 9.94. The molecule has 1 rings (SSSR count). The molecule has 1 aliphatic rings. The van der Waals surface area contributed by atoms with Crippen molar-refractivity contribution in [3.8, 4) is 0 Å². The Balaban J connectivity index is 2.35. The fourth-order valence-electron chi connectivity index (χ4n) is 2.85. The van der Waals surface area contributed by atoms with Gasteiger partial charge in [0.25, 0.3) is 0 Å². The molecule has 3 N–H and O–H groups in total. The van der Waals surface area contributed by atoms with E-state index >= 15 is 0 Å². The summed E-state index contributed by atoms with van der Waals surface area (Å²) >= 11 is 0. The van der Waals surface area contributed by atoms with E-state index in [1.807, 2.05) is 20.8 Å². The molecule has 2 unspecified atom stereocenters. The highest BCUT2D eigenvalue weighted by atomic mass is 32.2. The summed E-state index contributed by atoms with van der Waals surface area (Å²) in [7, 11) is -2.85. The van der Waals surface area contributed by atoms with Crippen LogP contribution >= 0.6 is 0 Å². The van der Waals surface area contributed by atoms with Crippen LogP contribution in [0.1, 0.15) is 40.0 Å². The maximum Gasteiger partial charge on any atom is 0.237 e. The number of nitrogens with one attached hydrogen (secondary N) is 1. The number of sulfone groups is 1. The standard InChI is InChI=1S/C14H29N3O3S/c1-4-16-14(3,13(15)18)7-5-6-8-17-9-10-21(19,20)11-12(17)2/h12,16H,4-11H2,1-3H3,(H2,15,18). The van der Waals surface area contributed by atoms with E-state index in [2.05, 4.69) is 10.2 Å². The zero-order valence-corrected chi connectivity index (χ0v) is 14.2. The lowest BCUT2D eigenvalue weighted by Crippen LogP contribution is -2.53. The molecule has 6 nitrogen and oxygen atoms in total. The number of primary amides is 1. The average Bonchev–Trinajstić information content (AvgIpc) is 2.36. The molecule has 0 saturated carbocycles. The lowest BCUT2D eigenvalue weighted by molar-refractivity contribution is -0.124. The predicted octanol–water partition coefficient (Wildman–Crippen LogP) is 0.129. The summed E-state index contributed by atoms with van der Waals surface area (Å²) in [6.07, 6.45) is 2.54. The van der Waals surface area contributed by atoms with Crippen molar-refractivity contribution in [1.82, 2.24) is 10.2 Å². The van der Waals surface area contributed by atoms with Gasteiger partial charge < -0.3 is 11.1 Å². The van der Waals surface area contributed by atoms with E-state index in [4.69, 9.17) is 5.73 Å². The van der Waals surface area contributed by atoms with E-state index in [1.165, 1.54) is 0 Å². The van der Waals surface area contributed by atoms with Gasteiger partial charge in [-0.3, -0.25) is 9.69 Å². The third-order valence-corrected chi connectivity index (χ3v) is 6.09. The first-order valence-electron chi connectivity index (χ1n) is 7.69. The number of hydrogen-bond acceptors (Lipinski definition) is 5. The molecule has 0 bridgehead atoms. The molecule has 0 aromatic heterocycles. The van der Waals surface area contributed by atoms with Crippen LogP contribution in [0.2, 0.25) is 0 Å². The average molecular weight is 319 g/mol. The lowest BCUT2D eigenvalue weighted by Gasteiger charge is -2.33. The number of unbranched alkanes of at least 4 members (excludes halogenated alkanes) is 1. The van der Waals surface area contributed by atoms with Crippen LogP contribution in [0.15, 0.2) is 0 Å². The second kappa shape index (κ2) is 7.56. The molecule has 0 radical (unpaired) electrons. The maximum atomic E-state index is 11.5. The summed E-state index contributed by atoms with van der Waals surface area (Å²) in [4.78, 5) is 13.7. The Kier molecular flexibility index (Phi) is 6.62. The highest BCUT2D eigenvalue weighted by molar-refractivity contribution is 7.91. The van der Waals surface area contributed by atoms with Gasteiger partial charge in [-0.1, -0.05) is 6.92 Å². The van der Waals surface area contributed by atoms with Crippen LogP contribution in [0.3, 0.4) is 0 Å². The molecule has 7 heteroatoms. The third kappa shape index (κ3) is 5.56. The molecule has 1 aliphatic heterocycles. The summed E-state index contributed by atoms with van der Waals surface area (Å²) in [5.74, 6) is 0.193. The van der Waals surface area contributed by atoms with Crippen LogP contribution in [0.25, 0.3) is 0 Å². The normalized spacial score (nSPS) is 25.4. The smallest absolute Gasteiger partial charge is 0.237 e. The highest BCUT2D eigenvalue weighted by Crippen LogP contribution is 2.16. The number of nitrogens with two attached hydrogens (primary N) is 1. The number of amides is 1. The Labute approximate surface area is 128 Å². The maximum absolute atomic E-state index is 11.5. The van der Waals surface area contributed by atoms with E-state index in [0.29, 0.717) is 19.5 Å². The van der Waals surface area contributed by atoms with Crippen molar-refractivity contribution < 1.29 is 13.2 Å². The predicted molar refractivity (Wildman–Crippen MR) is 84.8 cm³/mol. The fraction of sp³-hybridized carbons (Fsp3) is 0.929. The Morgan fingerprint density at radius 1 is 1.43 bits per heavy atom. The molecular weight excluding hydrogens is 290 g/mol. The number of rotatable bonds is 8. The van der Waals surface area contributed by atoms with Crippen molar-refractivity contribution in [3.63, 3.8) is 0 Å². The summed E-state index contributed by atoms with van der Waals surface area (Å²) in [6, 6.07) is 0.0834. The van der Waals surface area contributed by atoms with Gasteiger partial charge >= 0.3 is 0 Å². The quantitative estimate of drug-likeness (QED) is 0.620. The van der Waals surface area contributed by atoms with Gasteiger partial charge in [0, 0.05) is 12.6 Å². The zero-order valence-electron chi connectivity index (χ0n) is 13.4. The van der Waals surface area contributed by atoms with Crippen LogP contribution in [0.4, 0.5) is 0 Å². The molecule has 1 amide bonds. The summed E-state index contributed by atoms with van der Waals surface area (Å²) in [6.45, 7) is 7.96. The molecule has 21 heavy (non-hydrogen) atoms. The second-order valence-electron chi connectivity index (χ2n) is 6.18. The van der Waals surface area contributed by atoms with Crippen molar-refractivity contribution >= 4 is 15.7 Å². The Morgan fingerprint density at radius 3 is 2.62 bits per heavy atom. The highest BCUT2D eigenvalue weighted by Gasteiger charge is 2.30. The summed E-state index contributed by atoms with van der Waals surface area (Å²) < 4.78 is 23.1. The van der Waals surface area contributed by atoms with E-state index in [-0.39, 0.29) is 23.5 Å². The van der Waals surface area contributed by atoms with E-state index in [0.717, 1.165) is 19.4 Å². The molecular formula is C14H29N3O3S. The third-order valence-electron chi connectivity index (χ3n) is 4.29. The summed E-state index contributed by atoms with van der Waals surface area (Å²) in [5, 5.41) is 3.15. The number of carbonyl (C=O) groups is 1. The van der Waals surface area contributed by atoms with Gasteiger partial charge in [0.15, 0.2) is 9.84 Å². The van der Waals surface area contributed by atoms with E-state index in [1.54, 1.807) is 0 Å². The minimum atomic E-state index is -2.85. The Morgan fingerprint density at radius 2 is 2.10 bits per heavy atom. The molecule has 1 fully saturated rings. The topological polar surface area (TPSA) is 92.5 Å². The van der Waals surface area contributed by atoms with Crippen LogP contribution in [-0.2, 0) is 14.6 Å². The largest absolute Gasteiger partial charge is 0.368 e. The first-order valence-corrected chi connectivity index (χ1v) is 9.52. The van der Waals surface area contributed by atoms with Gasteiger partial charge in [0.05, 0.1) is 17.0 Å². The molecule has 0 aliphatic carbocycles. The van der Waals surface area contributed by atoms with Crippen LogP contribution < -0.4 is 11.1 Å². The first kappa shape index (κ1) is 18.4. The van der Waals surface area contributed by atoms with Gasteiger partial charge in [-0.25, -0.2) is 8.42 Å². The van der Waals surface area contributed by atoms with Gasteiger partial charge in [0.2, 0.25) is 5.91 Å². The van der Waals surface area contributed by atoms with Crippen LogP contribution in [-0.4, -0.2) is 61.9 Å². The van der Waals surface area contributed by atoms with Crippen molar-refractivity contribution in [1.29, 1.82) is 0 Å². The summed E-state index contributed by atoms with van der Waals surface area (Å²) in [5.41, 5.74) is 4.81. The second-order valence-corrected chi connectivity index (χ2v) is 8.41. The van der Waals surface area contributed by atoms with Crippen LogP contribution in [0, 0.1) is 0 Å². The molecule has 0 spiro atoms. The first-order chi connectivity index (χ1) is 9.70. The Bertz CT molecular complexity index is 452. The fourth-order valence-corrected chi connectivity index (χ4v) is 4.47. The number of likely N-dealkylation sites (N-methyl/N-ethyl adjacent to an activating group) is 1. The van der Waals surface area contributed by atoms with Crippen molar-refractivity contribution in [2.75, 3.05) is 31.1 Å². The van der Waals surface area contributed by atoms with Gasteiger partial charge in [-0.2, -0.15) is 0 Å². The van der Waals surface area contributed by atoms with Gasteiger partial charge in [0.1, 0.15) is 0 Å². The van der Waals surface area contributed by atoms with Crippen LogP contribution in [0.5, 0.6) is 0 Å². The van der Waals surface area contributed by atoms with Crippen molar-refractivity contribution in [2.45, 2.75) is 51.6 Å². The Hall–Kier alpha value is -0.660. The van der Waals surface area contributed by atoms with Crippen molar-refractivity contribution in [2.24, 2.45) is 5.73 Å². The number of nitrogens with zero attached hydrogens (tertiary/aromatic N) is 1. The van der Waals surface area contributed by atoms with E-state index < -0.39 is 15.4 Å². The monoisotopic (exact) mass is 319 g/mol. The molecule has 1 heterocycles. The molecule has 1 saturated heterocycles. The number of carbonyl (C=O) groups excluding carboxylic acids is 1. The molecule has 2 atom stereocenters. The van der Waals surface area contributed by atoms with Crippen molar-refractivity contribution in [3.05, 3.63) is 0 Å². The minimum absolute atomic E-state index is 0.0834. The van der Waals surface area contributed by atoms with E-state index in [9.17, 15) is 13.2 Å². The molecule has 0 aromatic carbocycles. The zero-order chi connectivity index (χ0) is 16.1. The number of hydrogen-bond donors (Lipinski definition) is 2. The SMILES string of the molecule is CCNC(C)(CCCCN1CCS(=O)(=O)CC1C)C(N)=O. The minimum Gasteiger partial charge on any atom is -0.368 e. The molecule has 124 valence electrons. The van der Waals surface area contributed by atoms with Gasteiger partial charge in [-0.15, -0.1) is 0 Å².